The Morgan fingerprint density at radius 1 is 1.52 bits per heavy atom. The minimum Gasteiger partial charge on any atom is -0.368 e. The van der Waals surface area contributed by atoms with Gasteiger partial charge in [-0.15, -0.1) is 11.3 Å². The maximum absolute atomic E-state index is 12.1. The summed E-state index contributed by atoms with van der Waals surface area (Å²) >= 11 is 1.60. The molecule has 0 unspecified atom stereocenters. The molecule has 9 heteroatoms. The summed E-state index contributed by atoms with van der Waals surface area (Å²) in [7, 11) is 1.78. The first-order valence-electron chi connectivity index (χ1n) is 7.35. The van der Waals surface area contributed by atoms with Crippen LogP contribution in [0.1, 0.15) is 16.9 Å². The van der Waals surface area contributed by atoms with E-state index in [4.69, 9.17) is 4.74 Å². The molecule has 4 heterocycles. The van der Waals surface area contributed by atoms with Gasteiger partial charge in [-0.2, -0.15) is 5.10 Å². The first-order valence-corrected chi connectivity index (χ1v) is 8.23. The molecule has 0 saturated carbocycles. The molecule has 120 valence electrons. The number of ether oxygens (including phenoxy) is 1. The zero-order chi connectivity index (χ0) is 15.8. The number of rotatable bonds is 3. The zero-order valence-electron chi connectivity index (χ0n) is 12.6. The third kappa shape index (κ3) is 2.78. The Hall–Kier alpha value is -2.10. The van der Waals surface area contributed by atoms with Gasteiger partial charge in [-0.05, 0) is 0 Å². The Morgan fingerprint density at radius 2 is 2.43 bits per heavy atom. The van der Waals surface area contributed by atoms with Crippen LogP contribution in [0.25, 0.3) is 11.0 Å². The van der Waals surface area contributed by atoms with Gasteiger partial charge in [0.05, 0.1) is 19.3 Å². The third-order valence-electron chi connectivity index (χ3n) is 3.90. The van der Waals surface area contributed by atoms with Crippen molar-refractivity contribution in [3.8, 4) is 0 Å². The van der Waals surface area contributed by atoms with E-state index in [1.807, 2.05) is 5.38 Å². The van der Waals surface area contributed by atoms with E-state index in [1.54, 1.807) is 29.3 Å². The van der Waals surface area contributed by atoms with Crippen molar-refractivity contribution in [1.29, 1.82) is 0 Å². The van der Waals surface area contributed by atoms with E-state index in [-0.39, 0.29) is 11.7 Å². The average molecular weight is 332 g/mol. The molecule has 0 aromatic carbocycles. The smallest absolute Gasteiger partial charge is 0.262 e. The molecule has 4 rings (SSSR count). The molecule has 1 atom stereocenters. The lowest BCUT2D eigenvalue weighted by Crippen LogP contribution is -2.38. The number of morpholine rings is 1. The molecule has 23 heavy (non-hydrogen) atoms. The van der Waals surface area contributed by atoms with Gasteiger partial charge in [-0.25, -0.2) is 9.97 Å². The van der Waals surface area contributed by atoms with Crippen molar-refractivity contribution in [3.63, 3.8) is 0 Å². The predicted octanol–water partition coefficient (Wildman–Crippen LogP) is 0.687. The number of hydrogen-bond donors (Lipinski definition) is 1. The van der Waals surface area contributed by atoms with Crippen molar-refractivity contribution in [2.24, 2.45) is 7.05 Å². The number of thiazole rings is 1. The van der Waals surface area contributed by atoms with Crippen LogP contribution in [0.2, 0.25) is 0 Å². The van der Waals surface area contributed by atoms with Crippen LogP contribution in [0, 0.1) is 0 Å². The highest BCUT2D eigenvalue weighted by atomic mass is 32.1. The van der Waals surface area contributed by atoms with Crippen molar-refractivity contribution in [2.75, 3.05) is 19.7 Å². The van der Waals surface area contributed by atoms with Crippen LogP contribution in [0.15, 0.2) is 22.6 Å². The summed E-state index contributed by atoms with van der Waals surface area (Å²) in [5.74, 6) is 0.644. The molecule has 0 aliphatic carbocycles. The lowest BCUT2D eigenvalue weighted by Gasteiger charge is -2.31. The second-order valence-corrected chi connectivity index (χ2v) is 6.41. The molecule has 1 saturated heterocycles. The van der Waals surface area contributed by atoms with Crippen LogP contribution in [0.4, 0.5) is 0 Å². The minimum absolute atomic E-state index is 0.0177. The van der Waals surface area contributed by atoms with E-state index in [0.29, 0.717) is 30.0 Å². The van der Waals surface area contributed by atoms with Crippen LogP contribution in [-0.2, 0) is 18.3 Å². The molecule has 3 aromatic heterocycles. The number of hydrogen-bond acceptors (Lipinski definition) is 7. The van der Waals surface area contributed by atoms with Crippen LogP contribution in [-0.4, -0.2) is 49.3 Å². The molecule has 0 radical (unpaired) electrons. The first-order chi connectivity index (χ1) is 11.2. The largest absolute Gasteiger partial charge is 0.368 e. The number of aromatic nitrogens is 5. The fourth-order valence-corrected chi connectivity index (χ4v) is 3.43. The Labute approximate surface area is 135 Å². The van der Waals surface area contributed by atoms with Crippen LogP contribution < -0.4 is 5.56 Å². The van der Waals surface area contributed by atoms with Gasteiger partial charge in [0.25, 0.3) is 5.56 Å². The van der Waals surface area contributed by atoms with Crippen LogP contribution in [0.5, 0.6) is 0 Å². The molecule has 3 aromatic rings. The zero-order valence-corrected chi connectivity index (χ0v) is 13.4. The van der Waals surface area contributed by atoms with Gasteiger partial charge in [-0.3, -0.25) is 14.4 Å². The summed E-state index contributed by atoms with van der Waals surface area (Å²) < 4.78 is 7.41. The fourth-order valence-electron chi connectivity index (χ4n) is 2.75. The SMILES string of the molecule is Cn1ncc2c(=O)[nH]c(CN3CCO[C@@H](c4nccs4)C3)nc21. The topological polar surface area (TPSA) is 88.9 Å². The van der Waals surface area contributed by atoms with Crippen molar-refractivity contribution in [1.82, 2.24) is 29.6 Å². The predicted molar refractivity (Wildman–Crippen MR) is 85.2 cm³/mol. The standard InChI is InChI=1S/C14H16N6O2S/c1-19-12-9(6-16-19)13(21)18-11(17-12)8-20-3-4-22-10(7-20)14-15-2-5-23-14/h2,5-6,10H,3-4,7-8H2,1H3,(H,17,18,21)/t10-/m1/s1. The first kappa shape index (κ1) is 14.5. The van der Waals surface area contributed by atoms with Crippen molar-refractivity contribution in [2.45, 2.75) is 12.6 Å². The van der Waals surface area contributed by atoms with Crippen LogP contribution >= 0.6 is 11.3 Å². The fraction of sp³-hybridized carbons (Fsp3) is 0.429. The monoisotopic (exact) mass is 332 g/mol. The molecule has 1 fully saturated rings. The molecule has 1 N–H and O–H groups in total. The maximum atomic E-state index is 12.1. The van der Waals surface area contributed by atoms with Gasteiger partial charge >= 0.3 is 0 Å². The Bertz CT molecular complexity index is 871. The Morgan fingerprint density at radius 3 is 3.26 bits per heavy atom. The van der Waals surface area contributed by atoms with E-state index in [2.05, 4.69) is 25.0 Å². The molecular weight excluding hydrogens is 316 g/mol. The van der Waals surface area contributed by atoms with Gasteiger partial charge in [0, 0.05) is 31.7 Å². The summed E-state index contributed by atoms with van der Waals surface area (Å²) in [6.07, 6.45) is 3.31. The van der Waals surface area contributed by atoms with Gasteiger partial charge in [0.2, 0.25) is 0 Å². The van der Waals surface area contributed by atoms with E-state index in [0.717, 1.165) is 18.1 Å². The number of fused-ring (bicyclic) bond motifs is 1. The number of nitrogens with one attached hydrogen (secondary N) is 1. The molecule has 1 aliphatic rings. The lowest BCUT2D eigenvalue weighted by molar-refractivity contribution is -0.0337. The van der Waals surface area contributed by atoms with Crippen molar-refractivity contribution < 1.29 is 4.74 Å². The average Bonchev–Trinajstić information content (AvgIpc) is 3.19. The highest BCUT2D eigenvalue weighted by molar-refractivity contribution is 7.09. The summed E-state index contributed by atoms with van der Waals surface area (Å²) in [6.45, 7) is 2.75. The second kappa shape index (κ2) is 5.84. The van der Waals surface area contributed by atoms with Crippen molar-refractivity contribution >= 4 is 22.4 Å². The highest BCUT2D eigenvalue weighted by Gasteiger charge is 2.24. The van der Waals surface area contributed by atoms with Gasteiger partial charge in [0.1, 0.15) is 22.3 Å². The summed E-state index contributed by atoms with van der Waals surface area (Å²) in [4.78, 5) is 26.0. The van der Waals surface area contributed by atoms with E-state index < -0.39 is 0 Å². The summed E-state index contributed by atoms with van der Waals surface area (Å²) in [6, 6.07) is 0. The van der Waals surface area contributed by atoms with Crippen molar-refractivity contribution in [3.05, 3.63) is 39.0 Å². The Kier molecular flexibility index (Phi) is 3.68. The highest BCUT2D eigenvalue weighted by Crippen LogP contribution is 2.24. The number of H-pyrrole nitrogens is 1. The number of nitrogens with zero attached hydrogens (tertiary/aromatic N) is 5. The molecule has 0 amide bonds. The molecule has 8 nitrogen and oxygen atoms in total. The van der Waals surface area contributed by atoms with E-state index in [9.17, 15) is 4.79 Å². The van der Waals surface area contributed by atoms with Gasteiger partial charge < -0.3 is 9.72 Å². The quantitative estimate of drug-likeness (QED) is 0.759. The number of aryl methyl sites for hydroxylation is 1. The summed E-state index contributed by atoms with van der Waals surface area (Å²) in [5.41, 5.74) is 0.455. The molecule has 0 bridgehead atoms. The normalized spacial score (nSPS) is 19.4. The third-order valence-corrected chi connectivity index (χ3v) is 4.77. The van der Waals surface area contributed by atoms with Gasteiger partial charge in [-0.1, -0.05) is 0 Å². The lowest BCUT2D eigenvalue weighted by atomic mass is 10.2. The van der Waals surface area contributed by atoms with E-state index in [1.165, 1.54) is 6.20 Å². The number of aromatic amines is 1. The van der Waals surface area contributed by atoms with Crippen LogP contribution in [0.3, 0.4) is 0 Å². The second-order valence-electron chi connectivity index (χ2n) is 5.48. The minimum atomic E-state index is -0.150. The maximum Gasteiger partial charge on any atom is 0.262 e. The molecular formula is C14H16N6O2S. The van der Waals surface area contributed by atoms with E-state index >= 15 is 0 Å². The van der Waals surface area contributed by atoms with Gasteiger partial charge in [0.15, 0.2) is 5.65 Å². The Balaban J connectivity index is 1.55. The summed E-state index contributed by atoms with van der Waals surface area (Å²) in [5, 5.41) is 7.53. The molecule has 1 aliphatic heterocycles. The molecule has 0 spiro atoms.